The summed E-state index contributed by atoms with van der Waals surface area (Å²) in [6, 6.07) is 22.7. The van der Waals surface area contributed by atoms with E-state index in [-0.39, 0.29) is 12.1 Å². The summed E-state index contributed by atoms with van der Waals surface area (Å²) < 4.78 is 8.03. The number of rotatable bonds is 8. The second-order valence-corrected chi connectivity index (χ2v) is 11.3. The number of hydrogen-bond donors (Lipinski definition) is 1. The molecule has 2 amide bonds. The molecule has 3 heterocycles. The molecule has 0 saturated carbocycles. The lowest BCUT2D eigenvalue weighted by Gasteiger charge is -2.25. The number of thiazole rings is 1. The molecule has 1 saturated heterocycles. The van der Waals surface area contributed by atoms with E-state index in [4.69, 9.17) is 9.72 Å². The van der Waals surface area contributed by atoms with E-state index in [9.17, 15) is 4.79 Å². The van der Waals surface area contributed by atoms with Gasteiger partial charge in [-0.25, -0.2) is 9.78 Å². The average molecular weight is 543 g/mol. The largest absolute Gasteiger partial charge is 0.376 e. The molecule has 194 valence electrons. The summed E-state index contributed by atoms with van der Waals surface area (Å²) in [6.45, 7) is 1.96. The minimum atomic E-state index is -0.0913. The fraction of sp³-hybridized carbons (Fsp3) is 0.267. The molecule has 1 aliphatic heterocycles. The third-order valence-corrected chi connectivity index (χ3v) is 8.68. The Bertz CT molecular complexity index is 1550. The highest BCUT2D eigenvalue weighted by Gasteiger charge is 2.23. The van der Waals surface area contributed by atoms with Gasteiger partial charge in [0.05, 0.1) is 11.8 Å². The molecule has 2 aromatic heterocycles. The Labute approximate surface area is 230 Å². The van der Waals surface area contributed by atoms with E-state index in [0.29, 0.717) is 13.1 Å². The summed E-state index contributed by atoms with van der Waals surface area (Å²) in [7, 11) is 0. The molecule has 0 radical (unpaired) electrons. The molecule has 3 aromatic carbocycles. The van der Waals surface area contributed by atoms with E-state index in [1.807, 2.05) is 35.4 Å². The van der Waals surface area contributed by atoms with Crippen LogP contribution < -0.4 is 5.32 Å². The second kappa shape index (κ2) is 11.2. The van der Waals surface area contributed by atoms with E-state index in [1.54, 1.807) is 23.1 Å². The molecule has 1 aliphatic rings. The summed E-state index contributed by atoms with van der Waals surface area (Å²) in [5.74, 6) is 0. The van der Waals surface area contributed by atoms with Crippen molar-refractivity contribution in [1.29, 1.82) is 0 Å². The Morgan fingerprint density at radius 2 is 2.00 bits per heavy atom. The Morgan fingerprint density at radius 3 is 2.79 bits per heavy atom. The van der Waals surface area contributed by atoms with Gasteiger partial charge < -0.3 is 15.0 Å². The van der Waals surface area contributed by atoms with Crippen molar-refractivity contribution in [1.82, 2.24) is 14.3 Å². The molecule has 0 aliphatic carbocycles. The van der Waals surface area contributed by atoms with Crippen LogP contribution in [0.4, 0.5) is 10.5 Å². The van der Waals surface area contributed by atoms with E-state index >= 15 is 0 Å². The number of aromatic nitrogens is 2. The lowest BCUT2D eigenvalue weighted by atomic mass is 10.1. The number of urea groups is 1. The zero-order chi connectivity index (χ0) is 25.9. The number of nitrogens with one attached hydrogen (secondary N) is 1. The van der Waals surface area contributed by atoms with Crippen LogP contribution in [0.2, 0.25) is 0 Å². The maximum Gasteiger partial charge on any atom is 0.321 e. The number of carbonyl (C=O) groups is 1. The molecule has 6 rings (SSSR count). The Balaban J connectivity index is 1.19. The molecule has 5 aromatic rings. The van der Waals surface area contributed by atoms with Gasteiger partial charge in [-0.05, 0) is 60.2 Å². The Hall–Kier alpha value is -3.33. The van der Waals surface area contributed by atoms with Gasteiger partial charge in [0.15, 0.2) is 4.96 Å². The van der Waals surface area contributed by atoms with Gasteiger partial charge in [-0.1, -0.05) is 36.4 Å². The lowest BCUT2D eigenvalue weighted by Crippen LogP contribution is -2.41. The molecule has 1 N–H and O–H groups in total. The van der Waals surface area contributed by atoms with Gasteiger partial charge >= 0.3 is 6.03 Å². The molecule has 6 nitrogen and oxygen atoms in total. The fourth-order valence-corrected chi connectivity index (χ4v) is 6.25. The van der Waals surface area contributed by atoms with Crippen molar-refractivity contribution in [2.24, 2.45) is 0 Å². The van der Waals surface area contributed by atoms with Gasteiger partial charge in [-0.2, -0.15) is 0 Å². The molecule has 1 unspecified atom stereocenters. The van der Waals surface area contributed by atoms with Gasteiger partial charge in [-0.15, -0.1) is 23.1 Å². The topological polar surface area (TPSA) is 58.9 Å². The summed E-state index contributed by atoms with van der Waals surface area (Å²) in [5, 5.41) is 7.66. The summed E-state index contributed by atoms with van der Waals surface area (Å²) in [6.07, 6.45) is 7.03. The van der Waals surface area contributed by atoms with Gasteiger partial charge in [0, 0.05) is 59.5 Å². The van der Waals surface area contributed by atoms with Crippen molar-refractivity contribution in [3.63, 3.8) is 0 Å². The first-order valence-electron chi connectivity index (χ1n) is 12.9. The number of benzene rings is 3. The van der Waals surface area contributed by atoms with E-state index in [2.05, 4.69) is 63.8 Å². The van der Waals surface area contributed by atoms with E-state index in [0.717, 1.165) is 53.5 Å². The first-order valence-corrected chi connectivity index (χ1v) is 15.0. The quantitative estimate of drug-likeness (QED) is 0.211. The third kappa shape index (κ3) is 5.43. The first-order chi connectivity index (χ1) is 18.7. The smallest absolute Gasteiger partial charge is 0.321 e. The van der Waals surface area contributed by atoms with Crippen molar-refractivity contribution in [2.75, 3.05) is 31.3 Å². The summed E-state index contributed by atoms with van der Waals surface area (Å²) in [5.41, 5.74) is 4.03. The standard InChI is InChI=1S/C30H30N4O2S2/c1-37-27-12-10-24(11-13-27)31-29(35)33(18-26-7-4-16-36-26)15-14-25-20-38-30-32-28(19-34(25)30)23-9-8-21-5-2-3-6-22(21)17-23/h2-3,5-6,8-13,17,19-20,26H,4,7,14-16,18H2,1H3,(H,31,35). The monoisotopic (exact) mass is 542 g/mol. The maximum absolute atomic E-state index is 13.3. The minimum absolute atomic E-state index is 0.0913. The first kappa shape index (κ1) is 25.0. The normalized spacial score (nSPS) is 15.3. The number of ether oxygens (including phenoxy) is 1. The molecule has 38 heavy (non-hydrogen) atoms. The number of hydrogen-bond acceptors (Lipinski definition) is 5. The lowest BCUT2D eigenvalue weighted by molar-refractivity contribution is 0.0838. The van der Waals surface area contributed by atoms with Crippen LogP contribution in [0.5, 0.6) is 0 Å². The number of fused-ring (bicyclic) bond motifs is 2. The van der Waals surface area contributed by atoms with Crippen LogP contribution in [-0.4, -0.2) is 52.4 Å². The predicted octanol–water partition coefficient (Wildman–Crippen LogP) is 7.19. The number of nitrogens with zero attached hydrogens (tertiary/aromatic N) is 3. The highest BCUT2D eigenvalue weighted by Crippen LogP contribution is 2.27. The van der Waals surface area contributed by atoms with E-state index < -0.39 is 0 Å². The summed E-state index contributed by atoms with van der Waals surface area (Å²) >= 11 is 3.32. The SMILES string of the molecule is CSc1ccc(NC(=O)N(CCc2csc3nc(-c4ccc5ccccc5c4)cn23)CC2CCCO2)cc1. The zero-order valence-corrected chi connectivity index (χ0v) is 22.9. The van der Waals surface area contributed by atoms with Crippen molar-refractivity contribution in [3.8, 4) is 11.3 Å². The molecule has 8 heteroatoms. The van der Waals surface area contributed by atoms with Crippen LogP contribution in [0.1, 0.15) is 18.5 Å². The number of amides is 2. The molecular weight excluding hydrogens is 512 g/mol. The van der Waals surface area contributed by atoms with Crippen LogP contribution in [0.3, 0.4) is 0 Å². The molecule has 0 spiro atoms. The van der Waals surface area contributed by atoms with Crippen molar-refractivity contribution < 1.29 is 9.53 Å². The fourth-order valence-electron chi connectivity index (χ4n) is 4.93. The highest BCUT2D eigenvalue weighted by molar-refractivity contribution is 7.98. The van der Waals surface area contributed by atoms with Crippen LogP contribution in [0.15, 0.2) is 83.2 Å². The van der Waals surface area contributed by atoms with Crippen LogP contribution in [-0.2, 0) is 11.2 Å². The maximum atomic E-state index is 13.3. The van der Waals surface area contributed by atoms with Crippen molar-refractivity contribution in [2.45, 2.75) is 30.3 Å². The number of thioether (sulfide) groups is 1. The highest BCUT2D eigenvalue weighted by atomic mass is 32.2. The van der Waals surface area contributed by atoms with E-state index in [1.165, 1.54) is 15.7 Å². The van der Waals surface area contributed by atoms with Crippen LogP contribution >= 0.6 is 23.1 Å². The average Bonchev–Trinajstić information content (AvgIpc) is 3.70. The molecule has 1 fully saturated rings. The Morgan fingerprint density at radius 1 is 1.16 bits per heavy atom. The predicted molar refractivity (Wildman–Crippen MR) is 158 cm³/mol. The van der Waals surface area contributed by atoms with Gasteiger partial charge in [-0.3, -0.25) is 4.40 Å². The Kier molecular flexibility index (Phi) is 7.35. The third-order valence-electron chi connectivity index (χ3n) is 7.04. The van der Waals surface area contributed by atoms with Crippen molar-refractivity contribution >= 4 is 50.6 Å². The molecular formula is C30H30N4O2S2. The van der Waals surface area contributed by atoms with Gasteiger partial charge in [0.1, 0.15) is 0 Å². The van der Waals surface area contributed by atoms with Gasteiger partial charge in [0.2, 0.25) is 0 Å². The number of imidazole rings is 1. The summed E-state index contributed by atoms with van der Waals surface area (Å²) in [4.78, 5) is 22.2. The molecule has 0 bridgehead atoms. The zero-order valence-electron chi connectivity index (χ0n) is 21.3. The van der Waals surface area contributed by atoms with Crippen LogP contribution in [0, 0.1) is 0 Å². The number of anilines is 1. The number of carbonyl (C=O) groups excluding carboxylic acids is 1. The molecule has 1 atom stereocenters. The minimum Gasteiger partial charge on any atom is -0.376 e. The van der Waals surface area contributed by atoms with Crippen molar-refractivity contribution in [3.05, 3.63) is 84.0 Å². The van der Waals surface area contributed by atoms with Gasteiger partial charge in [0.25, 0.3) is 0 Å². The second-order valence-electron chi connectivity index (χ2n) is 9.56. The van der Waals surface area contributed by atoms with Crippen LogP contribution in [0.25, 0.3) is 27.0 Å².